The predicted molar refractivity (Wildman–Crippen MR) is 115 cm³/mol. The highest BCUT2D eigenvalue weighted by Crippen LogP contribution is 2.45. The number of carbonyl (C=O) groups is 1. The van der Waals surface area contributed by atoms with Gasteiger partial charge in [-0.2, -0.15) is 0 Å². The number of halogens is 1. The minimum atomic E-state index is -1.94. The van der Waals surface area contributed by atoms with E-state index in [1.165, 1.54) is 0 Å². The molecule has 0 saturated carbocycles. The van der Waals surface area contributed by atoms with Crippen LogP contribution in [0.2, 0.25) is 18.1 Å². The van der Waals surface area contributed by atoms with Gasteiger partial charge in [0.05, 0.1) is 25.6 Å². The van der Waals surface area contributed by atoms with Gasteiger partial charge in [-0.25, -0.2) is 0 Å². The van der Waals surface area contributed by atoms with Crippen LogP contribution < -0.4 is 4.74 Å². The Balaban J connectivity index is 2.08. The monoisotopic (exact) mass is 454 g/mol. The molecule has 0 radical (unpaired) electrons. The molecule has 0 bridgehead atoms. The van der Waals surface area contributed by atoms with Gasteiger partial charge in [-0.15, -0.1) is 0 Å². The summed E-state index contributed by atoms with van der Waals surface area (Å²) in [5, 5.41) is 0.121. The molecule has 0 N–H and O–H groups in total. The van der Waals surface area contributed by atoms with E-state index < -0.39 is 8.32 Å². The molecule has 2 rings (SSSR count). The van der Waals surface area contributed by atoms with Crippen molar-refractivity contribution in [2.45, 2.75) is 64.5 Å². The molecule has 0 spiro atoms. The van der Waals surface area contributed by atoms with Gasteiger partial charge >= 0.3 is 0 Å². The van der Waals surface area contributed by atoms with Gasteiger partial charge < -0.3 is 18.7 Å². The molecule has 1 aliphatic rings. The second-order valence-electron chi connectivity index (χ2n) is 8.54. The molecule has 0 saturated heterocycles. The van der Waals surface area contributed by atoms with Crippen LogP contribution in [0.4, 0.5) is 0 Å². The summed E-state index contributed by atoms with van der Waals surface area (Å²) < 4.78 is 18.9. The average Bonchev–Trinajstić information content (AvgIpc) is 2.88. The zero-order valence-electron chi connectivity index (χ0n) is 17.2. The van der Waals surface area contributed by atoms with Crippen molar-refractivity contribution >= 4 is 30.5 Å². The summed E-state index contributed by atoms with van der Waals surface area (Å²) in [5.74, 6) is 1.79. The molecule has 0 unspecified atom stereocenters. The molecule has 0 aliphatic heterocycles. The molecular formula is C21H31BrO4Si. The first kappa shape index (κ1) is 22.2. The Labute approximate surface area is 172 Å². The second kappa shape index (κ2) is 8.93. The van der Waals surface area contributed by atoms with E-state index in [0.29, 0.717) is 19.4 Å². The SMILES string of the molecule is COc1ccc(CO[C@H]2CC(O[Si](C)(C)C(C)(C)C)=C(Br)[C@H]2CC=O)cc1. The van der Waals surface area contributed by atoms with Gasteiger partial charge in [-0.05, 0) is 35.8 Å². The lowest BCUT2D eigenvalue weighted by atomic mass is 10.0. The number of hydrogen-bond donors (Lipinski definition) is 0. The Morgan fingerprint density at radius 1 is 1.22 bits per heavy atom. The van der Waals surface area contributed by atoms with Crippen molar-refractivity contribution in [2.24, 2.45) is 5.92 Å². The molecule has 0 heterocycles. The van der Waals surface area contributed by atoms with Crippen molar-refractivity contribution in [3.05, 3.63) is 40.1 Å². The van der Waals surface area contributed by atoms with E-state index in [-0.39, 0.29) is 17.1 Å². The van der Waals surface area contributed by atoms with Crippen LogP contribution in [0.25, 0.3) is 0 Å². The Kier molecular flexibility index (Phi) is 7.33. The smallest absolute Gasteiger partial charge is 0.250 e. The van der Waals surface area contributed by atoms with Crippen LogP contribution in [-0.2, 0) is 20.6 Å². The van der Waals surface area contributed by atoms with E-state index in [0.717, 1.165) is 27.8 Å². The molecule has 1 aliphatic carbocycles. The molecular weight excluding hydrogens is 424 g/mol. The maximum atomic E-state index is 11.2. The van der Waals surface area contributed by atoms with Gasteiger partial charge in [0, 0.05) is 23.2 Å². The molecule has 0 fully saturated rings. The number of ether oxygens (including phenoxy) is 2. The maximum absolute atomic E-state index is 11.2. The highest BCUT2D eigenvalue weighted by molar-refractivity contribution is 9.11. The Morgan fingerprint density at radius 2 is 1.85 bits per heavy atom. The molecule has 1 aromatic rings. The third-order valence-corrected chi connectivity index (χ3v) is 11.0. The molecule has 1 aromatic carbocycles. The zero-order valence-corrected chi connectivity index (χ0v) is 19.8. The number of hydrogen-bond acceptors (Lipinski definition) is 4. The fraction of sp³-hybridized carbons (Fsp3) is 0.571. The van der Waals surface area contributed by atoms with E-state index in [4.69, 9.17) is 13.9 Å². The molecule has 150 valence electrons. The fourth-order valence-electron chi connectivity index (χ4n) is 2.80. The lowest BCUT2D eigenvalue weighted by Crippen LogP contribution is -2.40. The lowest BCUT2D eigenvalue weighted by molar-refractivity contribution is -0.109. The number of carbonyl (C=O) groups excluding carboxylic acids is 1. The number of methoxy groups -OCH3 is 1. The summed E-state index contributed by atoms with van der Waals surface area (Å²) >= 11 is 3.70. The minimum absolute atomic E-state index is 0.0144. The molecule has 27 heavy (non-hydrogen) atoms. The largest absolute Gasteiger partial charge is 0.546 e. The standard InChI is InChI=1S/C21H31BrO4Si/c1-21(2,3)27(5,6)26-19-13-18(17(11-12-23)20(19)22)25-14-15-7-9-16(24-4)10-8-15/h7-10,12,17-18H,11,13-14H2,1-6H3/t17-,18-/m0/s1. The highest BCUT2D eigenvalue weighted by Gasteiger charge is 2.43. The van der Waals surface area contributed by atoms with Gasteiger partial charge in [-0.3, -0.25) is 0 Å². The first-order valence-electron chi connectivity index (χ1n) is 9.34. The summed E-state index contributed by atoms with van der Waals surface area (Å²) in [4.78, 5) is 11.2. The topological polar surface area (TPSA) is 44.8 Å². The van der Waals surface area contributed by atoms with Crippen LogP contribution in [0.15, 0.2) is 34.5 Å². The van der Waals surface area contributed by atoms with Crippen LogP contribution in [0, 0.1) is 5.92 Å². The van der Waals surface area contributed by atoms with Gasteiger partial charge in [0.1, 0.15) is 12.0 Å². The van der Waals surface area contributed by atoms with Gasteiger partial charge in [0.15, 0.2) is 0 Å². The normalized spacial score (nSPS) is 20.7. The summed E-state index contributed by atoms with van der Waals surface area (Å²) in [7, 11) is -0.283. The Bertz CT molecular complexity index is 676. The summed E-state index contributed by atoms with van der Waals surface area (Å²) in [6.45, 7) is 11.6. The quantitative estimate of drug-likeness (QED) is 0.366. The molecule has 2 atom stereocenters. The first-order chi connectivity index (χ1) is 12.6. The van der Waals surface area contributed by atoms with Gasteiger partial charge in [0.2, 0.25) is 8.32 Å². The molecule has 0 aromatic heterocycles. The van der Waals surface area contributed by atoms with Gasteiger partial charge in [-0.1, -0.05) is 48.8 Å². The van der Waals surface area contributed by atoms with E-state index in [1.807, 2.05) is 24.3 Å². The van der Waals surface area contributed by atoms with Crippen LogP contribution in [0.3, 0.4) is 0 Å². The number of rotatable bonds is 8. The Hall–Kier alpha value is -1.11. The molecule has 4 nitrogen and oxygen atoms in total. The maximum Gasteiger partial charge on any atom is 0.250 e. The van der Waals surface area contributed by atoms with Crippen LogP contribution in [0.1, 0.15) is 39.2 Å². The third kappa shape index (κ3) is 5.45. The van der Waals surface area contributed by atoms with Crippen LogP contribution >= 0.6 is 15.9 Å². The van der Waals surface area contributed by atoms with Crippen molar-refractivity contribution in [1.29, 1.82) is 0 Å². The van der Waals surface area contributed by atoms with Crippen LogP contribution in [-0.4, -0.2) is 27.8 Å². The minimum Gasteiger partial charge on any atom is -0.546 e. The van der Waals surface area contributed by atoms with Crippen molar-refractivity contribution in [1.82, 2.24) is 0 Å². The van der Waals surface area contributed by atoms with E-state index in [2.05, 4.69) is 49.8 Å². The summed E-state index contributed by atoms with van der Waals surface area (Å²) in [6, 6.07) is 7.85. The predicted octanol–water partition coefficient (Wildman–Crippen LogP) is 5.82. The van der Waals surface area contributed by atoms with Crippen molar-refractivity contribution in [2.75, 3.05) is 7.11 Å². The lowest BCUT2D eigenvalue weighted by Gasteiger charge is -2.37. The third-order valence-electron chi connectivity index (χ3n) is 5.59. The number of benzene rings is 1. The van der Waals surface area contributed by atoms with Crippen LogP contribution in [0.5, 0.6) is 5.75 Å². The first-order valence-corrected chi connectivity index (χ1v) is 13.0. The van der Waals surface area contributed by atoms with Crippen molar-refractivity contribution in [3.8, 4) is 5.75 Å². The van der Waals surface area contributed by atoms with Gasteiger partial charge in [0.25, 0.3) is 0 Å². The second-order valence-corrected chi connectivity index (χ2v) is 14.1. The fourth-order valence-corrected chi connectivity index (χ4v) is 4.79. The van der Waals surface area contributed by atoms with E-state index in [9.17, 15) is 4.79 Å². The average molecular weight is 455 g/mol. The van der Waals surface area contributed by atoms with Crippen molar-refractivity contribution < 1.29 is 18.7 Å². The summed E-state index contributed by atoms with van der Waals surface area (Å²) in [5.41, 5.74) is 1.08. The zero-order chi connectivity index (χ0) is 20.2. The highest BCUT2D eigenvalue weighted by atomic mass is 79.9. The molecule has 6 heteroatoms. The van der Waals surface area contributed by atoms with E-state index >= 15 is 0 Å². The summed E-state index contributed by atoms with van der Waals surface area (Å²) in [6.07, 6.45) is 2.02. The molecule has 0 amide bonds. The Morgan fingerprint density at radius 3 is 2.37 bits per heavy atom. The number of aldehydes is 1. The van der Waals surface area contributed by atoms with E-state index in [1.54, 1.807) is 7.11 Å². The van der Waals surface area contributed by atoms with Crippen molar-refractivity contribution in [3.63, 3.8) is 0 Å².